The average Bonchev–Trinajstić information content (AvgIpc) is 3.32. The molecule has 0 saturated carbocycles. The van der Waals surface area contributed by atoms with Gasteiger partial charge in [-0.15, -0.1) is 0 Å². The van der Waals surface area contributed by atoms with Crippen LogP contribution in [-0.2, 0) is 20.5 Å². The van der Waals surface area contributed by atoms with Crippen LogP contribution in [0.5, 0.6) is 0 Å². The Morgan fingerprint density at radius 2 is 1.56 bits per heavy atom. The van der Waals surface area contributed by atoms with Crippen molar-refractivity contribution in [3.63, 3.8) is 0 Å². The topological polar surface area (TPSA) is 66.2 Å². The number of aromatic nitrogens is 5. The molecular formula is C25H25N5O2. The smallest absolute Gasteiger partial charge is 0.279 e. The number of nitrogens with zero attached hydrogens (tertiary/aromatic N) is 5. The van der Waals surface area contributed by atoms with Crippen molar-refractivity contribution >= 4 is 16.9 Å². The molecule has 0 spiro atoms. The molecule has 0 unspecified atom stereocenters. The first-order valence-corrected chi connectivity index (χ1v) is 10.7. The molecule has 7 nitrogen and oxygen atoms in total. The van der Waals surface area contributed by atoms with Gasteiger partial charge in [0.25, 0.3) is 5.56 Å². The Hall–Kier alpha value is -3.87. The summed E-state index contributed by atoms with van der Waals surface area (Å²) in [5.74, 6) is 0.595. The van der Waals surface area contributed by atoms with Crippen LogP contribution in [0.3, 0.4) is 0 Å². The summed E-state index contributed by atoms with van der Waals surface area (Å²) in [4.78, 5) is 30.3. The molecule has 0 atom stereocenters. The lowest BCUT2D eigenvalue weighted by Crippen LogP contribution is -2.37. The molecule has 0 radical (unpaired) electrons. The lowest BCUT2D eigenvalue weighted by molar-refractivity contribution is 0.708. The van der Waals surface area contributed by atoms with Gasteiger partial charge in [0.05, 0.1) is 5.69 Å². The summed E-state index contributed by atoms with van der Waals surface area (Å²) in [6.07, 6.45) is 2.91. The highest BCUT2D eigenvalue weighted by Gasteiger charge is 2.22. The van der Waals surface area contributed by atoms with Crippen LogP contribution in [0.4, 0.5) is 0 Å². The van der Waals surface area contributed by atoms with Crippen LogP contribution >= 0.6 is 0 Å². The Kier molecular flexibility index (Phi) is 4.44. The average molecular weight is 428 g/mol. The van der Waals surface area contributed by atoms with Crippen LogP contribution in [0.1, 0.15) is 23.6 Å². The van der Waals surface area contributed by atoms with Crippen molar-refractivity contribution in [1.82, 2.24) is 23.1 Å². The van der Waals surface area contributed by atoms with Crippen LogP contribution in [0, 0.1) is 13.8 Å². The minimum atomic E-state index is -0.392. The van der Waals surface area contributed by atoms with Crippen molar-refractivity contribution < 1.29 is 0 Å². The maximum atomic E-state index is 13.0. The molecule has 0 fully saturated rings. The summed E-state index contributed by atoms with van der Waals surface area (Å²) in [6.45, 7) is 6.26. The first kappa shape index (κ1) is 20.1. The van der Waals surface area contributed by atoms with Crippen molar-refractivity contribution in [1.29, 1.82) is 0 Å². The van der Waals surface area contributed by atoms with Gasteiger partial charge in [0.1, 0.15) is 0 Å². The molecule has 0 aliphatic carbocycles. The molecule has 162 valence electrons. The van der Waals surface area contributed by atoms with Crippen molar-refractivity contribution in [3.05, 3.63) is 86.2 Å². The van der Waals surface area contributed by atoms with E-state index >= 15 is 0 Å². The first-order valence-electron chi connectivity index (χ1n) is 10.7. The standard InChI is InChI=1S/C25H25N5O2/c1-6-17-7-9-18(10-8-17)20-14-29-21-22(27(4)25(32)28(5)23(21)31)26-24(29)30(20)19-12-15(2)11-16(3)13-19/h7-14H,6H2,1-5H3. The van der Waals surface area contributed by atoms with Crippen LogP contribution in [0.15, 0.2) is 58.3 Å². The third-order valence-electron chi connectivity index (χ3n) is 6.09. The highest BCUT2D eigenvalue weighted by atomic mass is 16.2. The van der Waals surface area contributed by atoms with E-state index in [1.54, 1.807) is 11.4 Å². The molecule has 32 heavy (non-hydrogen) atoms. The number of fused-ring (bicyclic) bond motifs is 3. The molecule has 3 heterocycles. The van der Waals surface area contributed by atoms with Gasteiger partial charge in [0, 0.05) is 31.5 Å². The van der Waals surface area contributed by atoms with Crippen LogP contribution in [0.25, 0.3) is 33.9 Å². The fourth-order valence-corrected chi connectivity index (χ4v) is 4.42. The monoisotopic (exact) mass is 427 g/mol. The Bertz CT molecular complexity index is 1610. The molecule has 0 saturated heterocycles. The Labute approximate surface area is 184 Å². The van der Waals surface area contributed by atoms with E-state index in [1.165, 1.54) is 17.2 Å². The third kappa shape index (κ3) is 2.85. The van der Waals surface area contributed by atoms with Gasteiger partial charge in [0.15, 0.2) is 11.2 Å². The number of benzene rings is 2. The summed E-state index contributed by atoms with van der Waals surface area (Å²) in [5, 5.41) is 0. The van der Waals surface area contributed by atoms with E-state index in [2.05, 4.69) is 67.8 Å². The normalized spacial score (nSPS) is 11.7. The lowest BCUT2D eigenvalue weighted by atomic mass is 10.1. The number of imidazole rings is 2. The number of rotatable bonds is 3. The van der Waals surface area contributed by atoms with Crippen molar-refractivity contribution in [2.24, 2.45) is 14.1 Å². The molecule has 0 aliphatic rings. The van der Waals surface area contributed by atoms with Crippen molar-refractivity contribution in [3.8, 4) is 16.9 Å². The van der Waals surface area contributed by atoms with Crippen molar-refractivity contribution in [2.45, 2.75) is 27.2 Å². The second-order valence-corrected chi connectivity index (χ2v) is 8.41. The molecule has 3 aromatic heterocycles. The molecule has 0 bridgehead atoms. The summed E-state index contributed by atoms with van der Waals surface area (Å²) >= 11 is 0. The van der Waals surface area contributed by atoms with Gasteiger partial charge < -0.3 is 0 Å². The molecule has 7 heteroatoms. The maximum absolute atomic E-state index is 13.0. The molecule has 2 aromatic carbocycles. The minimum Gasteiger partial charge on any atom is -0.279 e. The zero-order chi connectivity index (χ0) is 22.7. The third-order valence-corrected chi connectivity index (χ3v) is 6.09. The van der Waals surface area contributed by atoms with Gasteiger partial charge >= 0.3 is 5.69 Å². The zero-order valence-corrected chi connectivity index (χ0v) is 18.9. The van der Waals surface area contributed by atoms with E-state index in [-0.39, 0.29) is 5.56 Å². The van der Waals surface area contributed by atoms with E-state index in [0.29, 0.717) is 16.9 Å². The Morgan fingerprint density at radius 1 is 0.906 bits per heavy atom. The molecular weight excluding hydrogens is 402 g/mol. The second-order valence-electron chi connectivity index (χ2n) is 8.41. The fraction of sp³-hybridized carbons (Fsp3) is 0.240. The quantitative estimate of drug-likeness (QED) is 0.443. The predicted octanol–water partition coefficient (Wildman–Crippen LogP) is 3.52. The van der Waals surface area contributed by atoms with Crippen LogP contribution < -0.4 is 11.2 Å². The summed E-state index contributed by atoms with van der Waals surface area (Å²) in [6, 6.07) is 14.8. The minimum absolute atomic E-state index is 0.360. The highest BCUT2D eigenvalue weighted by molar-refractivity contribution is 5.79. The van der Waals surface area contributed by atoms with E-state index < -0.39 is 5.69 Å². The van der Waals surface area contributed by atoms with E-state index in [9.17, 15) is 9.59 Å². The van der Waals surface area contributed by atoms with E-state index in [0.717, 1.165) is 39.1 Å². The van der Waals surface area contributed by atoms with E-state index in [4.69, 9.17) is 4.98 Å². The SMILES string of the molecule is CCc1ccc(-c2cn3c4c(=O)n(C)c(=O)n(C)c4nc3n2-c2cc(C)cc(C)c2)cc1. The number of hydrogen-bond acceptors (Lipinski definition) is 3. The van der Waals surface area contributed by atoms with Gasteiger partial charge in [-0.1, -0.05) is 37.3 Å². The summed E-state index contributed by atoms with van der Waals surface area (Å²) in [7, 11) is 3.14. The number of aryl methyl sites for hydroxylation is 4. The molecule has 0 N–H and O–H groups in total. The number of hydrogen-bond donors (Lipinski definition) is 0. The first-order chi connectivity index (χ1) is 15.3. The maximum Gasteiger partial charge on any atom is 0.332 e. The second kappa shape index (κ2) is 7.09. The lowest BCUT2D eigenvalue weighted by Gasteiger charge is -2.11. The fourth-order valence-electron chi connectivity index (χ4n) is 4.42. The Morgan fingerprint density at radius 3 is 2.19 bits per heavy atom. The summed E-state index contributed by atoms with van der Waals surface area (Å²) < 4.78 is 6.41. The van der Waals surface area contributed by atoms with E-state index in [1.807, 2.05) is 6.20 Å². The van der Waals surface area contributed by atoms with Gasteiger partial charge in [0.2, 0.25) is 5.78 Å². The van der Waals surface area contributed by atoms with Crippen LogP contribution in [-0.4, -0.2) is 23.1 Å². The molecule has 5 aromatic rings. The molecule has 0 amide bonds. The summed E-state index contributed by atoms with van der Waals surface area (Å²) in [5.41, 5.74) is 6.47. The largest absolute Gasteiger partial charge is 0.332 e. The van der Waals surface area contributed by atoms with Gasteiger partial charge in [-0.3, -0.25) is 22.9 Å². The van der Waals surface area contributed by atoms with Crippen molar-refractivity contribution in [2.75, 3.05) is 0 Å². The molecule has 0 aliphatic heterocycles. The van der Waals surface area contributed by atoms with Gasteiger partial charge in [-0.25, -0.2) is 4.79 Å². The zero-order valence-electron chi connectivity index (χ0n) is 18.9. The van der Waals surface area contributed by atoms with Gasteiger partial charge in [-0.2, -0.15) is 4.98 Å². The van der Waals surface area contributed by atoms with Crippen LogP contribution in [0.2, 0.25) is 0 Å². The Balaban J connectivity index is 1.94. The van der Waals surface area contributed by atoms with Gasteiger partial charge in [-0.05, 0) is 49.1 Å². The highest BCUT2D eigenvalue weighted by Crippen LogP contribution is 2.30. The predicted molar refractivity (Wildman–Crippen MR) is 127 cm³/mol. The molecule has 5 rings (SSSR count).